The maximum absolute atomic E-state index is 13.2. The molecule has 2 aliphatic carbocycles. The van der Waals surface area contributed by atoms with Crippen molar-refractivity contribution in [3.8, 4) is 0 Å². The minimum atomic E-state index is -0.630. The van der Waals surface area contributed by atoms with Crippen LogP contribution in [0, 0.1) is 5.41 Å². The largest absolute Gasteiger partial charge is 0.391 e. The van der Waals surface area contributed by atoms with Crippen molar-refractivity contribution in [2.45, 2.75) is 50.2 Å². The molecule has 178 valence electrons. The second kappa shape index (κ2) is 10.3. The number of anilines is 2. The molecule has 4 rings (SSSR count). The molecule has 0 saturated heterocycles. The van der Waals surface area contributed by atoms with Crippen LogP contribution in [0.4, 0.5) is 11.5 Å². The van der Waals surface area contributed by atoms with E-state index < -0.39 is 17.9 Å². The zero-order valence-electron chi connectivity index (χ0n) is 18.7. The zero-order chi connectivity index (χ0) is 24.1. The standard InChI is InChI=1S/C22H27N9O3/c1-24-18(21(33)30-14-3-2-4-17(14)32)15(7-23)31-22(34)19-20(28-13-8-25-11-26-9-13)27-10-16(29-19)12-5-6-12/h7-12,14,17,23-24,32H,2-6H2,1H3,(H,27,28)(H,30,33)(H,31,34)/b18-15+,23-7?. The van der Waals surface area contributed by atoms with Gasteiger partial charge in [0.1, 0.15) is 12.0 Å². The minimum Gasteiger partial charge on any atom is -0.391 e. The average molecular weight is 466 g/mol. The third-order valence-corrected chi connectivity index (χ3v) is 5.76. The van der Waals surface area contributed by atoms with Gasteiger partial charge in [-0.25, -0.2) is 19.9 Å². The number of amides is 2. The highest BCUT2D eigenvalue weighted by molar-refractivity contribution is 6.05. The molecule has 34 heavy (non-hydrogen) atoms. The number of aromatic nitrogens is 4. The first-order chi connectivity index (χ1) is 16.5. The normalized spacial score (nSPS) is 20.2. The van der Waals surface area contributed by atoms with Crippen molar-refractivity contribution in [3.05, 3.63) is 47.7 Å². The van der Waals surface area contributed by atoms with E-state index in [2.05, 4.69) is 41.2 Å². The zero-order valence-corrected chi connectivity index (χ0v) is 18.7. The maximum Gasteiger partial charge on any atom is 0.278 e. The second-order valence-electron chi connectivity index (χ2n) is 8.23. The quantitative estimate of drug-likeness (QED) is 0.230. The Morgan fingerprint density at radius 2 is 1.91 bits per heavy atom. The van der Waals surface area contributed by atoms with Crippen molar-refractivity contribution < 1.29 is 14.7 Å². The fourth-order valence-electron chi connectivity index (χ4n) is 3.80. The fraction of sp³-hybridized carbons (Fsp3) is 0.409. The van der Waals surface area contributed by atoms with Gasteiger partial charge in [-0.05, 0) is 32.1 Å². The van der Waals surface area contributed by atoms with Crippen molar-refractivity contribution in [3.63, 3.8) is 0 Å². The van der Waals surface area contributed by atoms with Crippen molar-refractivity contribution in [1.82, 2.24) is 35.9 Å². The van der Waals surface area contributed by atoms with Crippen LogP contribution < -0.4 is 21.3 Å². The summed E-state index contributed by atoms with van der Waals surface area (Å²) in [4.78, 5) is 42.8. The number of rotatable bonds is 9. The SMILES string of the molecule is CN/C(C(=O)NC1CCCC1O)=C(\C=N)NC(=O)c1nc(C2CC2)cnc1Nc1cncnc1. The molecule has 2 aromatic rings. The molecule has 2 saturated carbocycles. The van der Waals surface area contributed by atoms with E-state index in [1.807, 2.05) is 0 Å². The molecule has 2 heterocycles. The third kappa shape index (κ3) is 5.34. The molecule has 2 aromatic heterocycles. The summed E-state index contributed by atoms with van der Waals surface area (Å²) in [6.07, 6.45) is 10.4. The van der Waals surface area contributed by atoms with Crippen LogP contribution in [0.5, 0.6) is 0 Å². The highest BCUT2D eigenvalue weighted by atomic mass is 16.3. The van der Waals surface area contributed by atoms with Gasteiger partial charge in [-0.15, -0.1) is 0 Å². The predicted molar refractivity (Wildman–Crippen MR) is 123 cm³/mol. The second-order valence-corrected chi connectivity index (χ2v) is 8.23. The van der Waals surface area contributed by atoms with Crippen molar-refractivity contribution in [2.24, 2.45) is 0 Å². The van der Waals surface area contributed by atoms with Gasteiger partial charge < -0.3 is 31.8 Å². The van der Waals surface area contributed by atoms with Crippen LogP contribution in [0.1, 0.15) is 54.2 Å². The Labute approximate surface area is 196 Å². The molecule has 0 aliphatic heterocycles. The lowest BCUT2D eigenvalue weighted by molar-refractivity contribution is -0.119. The minimum absolute atomic E-state index is 0.000254. The smallest absolute Gasteiger partial charge is 0.278 e. The molecule has 0 spiro atoms. The lowest BCUT2D eigenvalue weighted by Gasteiger charge is -2.19. The summed E-state index contributed by atoms with van der Waals surface area (Å²) in [5.74, 6) is -0.688. The van der Waals surface area contributed by atoms with E-state index in [0.29, 0.717) is 24.2 Å². The molecule has 0 aromatic carbocycles. The Morgan fingerprint density at radius 1 is 1.15 bits per heavy atom. The number of nitrogens with zero attached hydrogens (tertiary/aromatic N) is 4. The monoisotopic (exact) mass is 465 g/mol. The molecule has 2 amide bonds. The fourth-order valence-corrected chi connectivity index (χ4v) is 3.80. The molecule has 12 nitrogen and oxygen atoms in total. The van der Waals surface area contributed by atoms with Crippen molar-refractivity contribution in [1.29, 1.82) is 5.41 Å². The first-order valence-corrected chi connectivity index (χ1v) is 11.1. The number of nitrogens with one attached hydrogen (secondary N) is 5. The van der Waals surface area contributed by atoms with E-state index in [9.17, 15) is 14.7 Å². The van der Waals surface area contributed by atoms with Crippen LogP contribution in [0.25, 0.3) is 0 Å². The maximum atomic E-state index is 13.2. The third-order valence-electron chi connectivity index (χ3n) is 5.76. The number of carbonyl (C=O) groups excluding carboxylic acids is 2. The number of carbonyl (C=O) groups is 2. The molecular formula is C22H27N9O3. The van der Waals surface area contributed by atoms with Gasteiger partial charge in [-0.2, -0.15) is 0 Å². The van der Waals surface area contributed by atoms with Gasteiger partial charge in [0.2, 0.25) is 0 Å². The van der Waals surface area contributed by atoms with Gasteiger partial charge in [-0.1, -0.05) is 0 Å². The number of aliphatic hydroxyl groups is 1. The topological polar surface area (TPSA) is 178 Å². The Bertz CT molecular complexity index is 1100. The highest BCUT2D eigenvalue weighted by Gasteiger charge is 2.30. The predicted octanol–water partition coefficient (Wildman–Crippen LogP) is 0.728. The van der Waals surface area contributed by atoms with Gasteiger partial charge in [0, 0.05) is 19.2 Å². The van der Waals surface area contributed by atoms with E-state index in [4.69, 9.17) is 5.41 Å². The molecule has 6 N–H and O–H groups in total. The van der Waals surface area contributed by atoms with Crippen LogP contribution in [-0.2, 0) is 4.79 Å². The number of aliphatic hydroxyl groups excluding tert-OH is 1. The van der Waals surface area contributed by atoms with Crippen LogP contribution in [0.3, 0.4) is 0 Å². The van der Waals surface area contributed by atoms with Crippen molar-refractivity contribution >= 4 is 29.5 Å². The van der Waals surface area contributed by atoms with E-state index in [0.717, 1.165) is 25.5 Å². The van der Waals surface area contributed by atoms with Crippen molar-refractivity contribution in [2.75, 3.05) is 12.4 Å². The Kier molecular flexibility index (Phi) is 7.07. The summed E-state index contributed by atoms with van der Waals surface area (Å²) in [6.45, 7) is 0. The first kappa shape index (κ1) is 23.2. The van der Waals surface area contributed by atoms with E-state index in [1.165, 1.54) is 25.8 Å². The lowest BCUT2D eigenvalue weighted by Crippen LogP contribution is -2.44. The highest BCUT2D eigenvalue weighted by Crippen LogP contribution is 2.39. The summed E-state index contributed by atoms with van der Waals surface area (Å²) < 4.78 is 0. The number of allylic oxidation sites excluding steroid dienone is 1. The Hall–Kier alpha value is -3.93. The number of hydrogen-bond donors (Lipinski definition) is 6. The Morgan fingerprint density at radius 3 is 2.53 bits per heavy atom. The summed E-state index contributed by atoms with van der Waals surface area (Å²) in [5.41, 5.74) is 1.22. The van der Waals surface area contributed by atoms with Crippen LogP contribution in [-0.4, -0.2) is 62.3 Å². The van der Waals surface area contributed by atoms with Gasteiger partial charge in [0.05, 0.1) is 47.8 Å². The molecule has 2 atom stereocenters. The van der Waals surface area contributed by atoms with Gasteiger partial charge in [0.25, 0.3) is 11.8 Å². The van der Waals surface area contributed by atoms with E-state index in [1.54, 1.807) is 6.20 Å². The Balaban J connectivity index is 1.59. The number of hydrogen-bond acceptors (Lipinski definition) is 10. The van der Waals surface area contributed by atoms with Crippen LogP contribution >= 0.6 is 0 Å². The lowest BCUT2D eigenvalue weighted by atomic mass is 10.2. The van der Waals surface area contributed by atoms with Crippen LogP contribution in [0.15, 0.2) is 36.3 Å². The number of likely N-dealkylation sites (N-methyl/N-ethyl adjacent to an activating group) is 1. The molecule has 2 unspecified atom stereocenters. The molecule has 0 radical (unpaired) electrons. The molecular weight excluding hydrogens is 438 g/mol. The molecule has 0 bridgehead atoms. The van der Waals surface area contributed by atoms with Crippen LogP contribution in [0.2, 0.25) is 0 Å². The van der Waals surface area contributed by atoms with Gasteiger partial charge in [-0.3, -0.25) is 9.59 Å². The van der Waals surface area contributed by atoms with E-state index >= 15 is 0 Å². The molecule has 2 aliphatic rings. The first-order valence-electron chi connectivity index (χ1n) is 11.1. The summed E-state index contributed by atoms with van der Waals surface area (Å²) in [7, 11) is 1.52. The van der Waals surface area contributed by atoms with E-state index in [-0.39, 0.29) is 34.9 Å². The summed E-state index contributed by atoms with van der Waals surface area (Å²) in [5, 5.41) is 28.9. The van der Waals surface area contributed by atoms with Gasteiger partial charge in [0.15, 0.2) is 11.5 Å². The van der Waals surface area contributed by atoms with Gasteiger partial charge >= 0.3 is 0 Å². The average Bonchev–Trinajstić information content (AvgIpc) is 3.62. The molecule has 12 heteroatoms. The summed E-state index contributed by atoms with van der Waals surface area (Å²) >= 11 is 0. The molecule has 2 fully saturated rings. The summed E-state index contributed by atoms with van der Waals surface area (Å²) in [6, 6.07) is -0.372.